The highest BCUT2D eigenvalue weighted by Gasteiger charge is 2.40. The monoisotopic (exact) mass is 1680 g/mol. The second-order valence-electron chi connectivity index (χ2n) is 29.9. The molecule has 2 heterocycles. The number of aliphatic carboxylic acids is 5. The molecule has 7 amide bonds. The normalized spacial score (nSPS) is 15.4. The number of benzene rings is 2. The van der Waals surface area contributed by atoms with Crippen molar-refractivity contribution in [1.82, 2.24) is 46.9 Å². The van der Waals surface area contributed by atoms with Crippen molar-refractivity contribution in [3.63, 3.8) is 0 Å². The first-order valence-corrected chi connectivity index (χ1v) is 42.7. The number of hydrogen-bond donors (Lipinski definition) is 12. The van der Waals surface area contributed by atoms with Crippen molar-refractivity contribution in [1.29, 1.82) is 0 Å². The number of Topliss-reactive ketones (excluding diaryl/α,β-unsaturated/α-hetero) is 3. The van der Waals surface area contributed by atoms with E-state index in [0.717, 1.165) is 47.4 Å². The molecule has 1 fully saturated rings. The smallest absolute Gasteiger partial charge is 0.426 e. The number of hydrogen-bond acceptors (Lipinski definition) is 24. The first-order chi connectivity index (χ1) is 55.0. The first kappa shape index (κ1) is 98.8. The Hall–Kier alpha value is -9.55. The molecule has 4 rings (SSSR count). The summed E-state index contributed by atoms with van der Waals surface area (Å²) in [6.07, 6.45) is 1.82. The molecular formula is C80H115N9O24S3. The van der Waals surface area contributed by atoms with Crippen LogP contribution in [-0.4, -0.2) is 215 Å². The van der Waals surface area contributed by atoms with Gasteiger partial charge in [-0.15, -0.1) is 11.3 Å². The molecule has 1 unspecified atom stereocenters. The number of hydrazine groups is 1. The predicted octanol–water partition coefficient (Wildman–Crippen LogP) is 8.06. The van der Waals surface area contributed by atoms with Crippen molar-refractivity contribution in [2.45, 2.75) is 232 Å². The Morgan fingerprint density at radius 1 is 0.655 bits per heavy atom. The van der Waals surface area contributed by atoms with Crippen molar-refractivity contribution in [2.24, 2.45) is 35.5 Å². The number of phenolic OH excluding ortho intramolecular Hbond substituents is 1. The van der Waals surface area contributed by atoms with Crippen LogP contribution in [0.25, 0.3) is 0 Å². The summed E-state index contributed by atoms with van der Waals surface area (Å²) in [6, 6.07) is 7.59. The number of thiazole rings is 1. The SMILES string of the molecule is CCCC(=O)OCN(C(=O)[C@@H](CC(=O)[C@H]1CCCCN1C)C(C)CC)[C@H](C[C@@H](C)c1nc(C(=O)N[C@@H](Cc2ccc(O)cc2)C[C@H](C)C(=O)NNC(=O)OCCSSC[C@H](NC(=O)[C@H](CC(=O)O)CC(=O)[C@H](CC(=O)O)NC(=O)Cc2ccc(CC(=O)NCCCC[C@H](CC(=O)CCCCC(=O)O)C(=O)O)cc2)C(=O)O)cs1)C(C)C. The number of aromatic nitrogens is 1. The lowest BCUT2D eigenvalue weighted by atomic mass is 9.82. The summed E-state index contributed by atoms with van der Waals surface area (Å²) in [5.74, 6) is -17.3. The predicted molar refractivity (Wildman–Crippen MR) is 430 cm³/mol. The summed E-state index contributed by atoms with van der Waals surface area (Å²) in [7, 11) is 3.87. The number of amides is 7. The van der Waals surface area contributed by atoms with Gasteiger partial charge in [0, 0.05) is 91.8 Å². The van der Waals surface area contributed by atoms with Gasteiger partial charge in [0.1, 0.15) is 29.9 Å². The Bertz CT molecular complexity index is 3790. The average Bonchev–Trinajstić information content (AvgIpc) is 1.68. The molecule has 116 heavy (non-hydrogen) atoms. The Kier molecular flexibility index (Phi) is 44.5. The molecule has 1 aliphatic heterocycles. The second kappa shape index (κ2) is 52.2. The Labute approximate surface area is 687 Å². The van der Waals surface area contributed by atoms with Gasteiger partial charge in [0.05, 0.1) is 54.6 Å². The van der Waals surface area contributed by atoms with Crippen LogP contribution in [0.15, 0.2) is 53.9 Å². The summed E-state index contributed by atoms with van der Waals surface area (Å²) in [4.78, 5) is 214. The van der Waals surface area contributed by atoms with Gasteiger partial charge in [-0.25, -0.2) is 20.0 Å². The van der Waals surface area contributed by atoms with Gasteiger partial charge in [0.15, 0.2) is 18.3 Å². The number of nitrogens with zero attached hydrogens (tertiary/aromatic N) is 3. The third kappa shape index (κ3) is 37.2. The van der Waals surface area contributed by atoms with E-state index in [1.807, 2.05) is 48.6 Å². The first-order valence-electron chi connectivity index (χ1n) is 39.3. The summed E-state index contributed by atoms with van der Waals surface area (Å²) < 4.78 is 10.9. The molecule has 36 heteroatoms. The highest BCUT2D eigenvalue weighted by Crippen LogP contribution is 2.34. The number of unbranched alkanes of at least 4 members (excludes halogenated alkanes) is 2. The molecule has 1 aromatic heterocycles. The molecule has 3 aromatic rings. The van der Waals surface area contributed by atoms with Crippen molar-refractivity contribution in [2.75, 3.05) is 45.0 Å². The topological polar surface area (TPSA) is 505 Å². The molecule has 33 nitrogen and oxygen atoms in total. The molecule has 1 saturated heterocycles. The molecule has 642 valence electrons. The fourth-order valence-corrected chi connectivity index (χ4v) is 16.0. The highest BCUT2D eigenvalue weighted by atomic mass is 33.1. The summed E-state index contributed by atoms with van der Waals surface area (Å²) in [5, 5.41) is 70.2. The van der Waals surface area contributed by atoms with E-state index in [1.54, 1.807) is 41.5 Å². The molecule has 0 radical (unpaired) electrons. The number of nitrogens with one attached hydrogen (secondary N) is 6. The number of carbonyl (C=O) groups excluding carboxylic acids is 11. The summed E-state index contributed by atoms with van der Waals surface area (Å²) in [5.41, 5.74) is 6.21. The van der Waals surface area contributed by atoms with Crippen LogP contribution >= 0.6 is 32.9 Å². The standard InChI is InChI=1S/C80H115N9O24S3/c1-9-17-72(102)113-46-89(77(106)59(48(5)10-2)42-66(93)63-20-14-16-31-88(63)8)64(47(3)4)35-50(7)76-85-61(44-114-76)75(105)82-56(36-51-26-28-57(90)29-27-51)34-49(6)73(103)86-87-80(111)112-32-33-115-116-45-62(79(109)110)84-74(104)55(41-70(98)99)40-65(92)60(43-71(100)101)83-68(95)38-53-24-22-52(23-25-53)37-67(94)81-30-15-13-18-54(78(107)108)39-58(91)19-11-12-21-69(96)97/h22-29,44,47-50,54-56,59-60,62-64,90H,9-21,30-43,45-46H2,1-8H3,(H,81,94)(H,82,105)(H,83,95)(H,84,104)(H,86,103)(H,87,111)(H,96,97)(H,98,99)(H,100,101)(H,107,108)(H,109,110)/t48?,49-,50+,54+,55-,56+,59-,60-,62-,63+,64+/m0/s1. The zero-order valence-electron chi connectivity index (χ0n) is 67.2. The molecule has 0 saturated carbocycles. The molecule has 0 spiro atoms. The number of carboxylic acids is 5. The number of likely N-dealkylation sites (tertiary alicyclic amines) is 1. The van der Waals surface area contributed by atoms with Crippen molar-refractivity contribution in [3.05, 3.63) is 81.3 Å². The number of ether oxygens (including phenoxy) is 2. The van der Waals surface area contributed by atoms with E-state index in [4.69, 9.17) is 19.6 Å². The van der Waals surface area contributed by atoms with Crippen molar-refractivity contribution < 1.29 is 117 Å². The summed E-state index contributed by atoms with van der Waals surface area (Å²) >= 11 is 1.25. The number of esters is 1. The van der Waals surface area contributed by atoms with Gasteiger partial charge >= 0.3 is 41.9 Å². The van der Waals surface area contributed by atoms with Crippen molar-refractivity contribution in [3.8, 4) is 5.75 Å². The van der Waals surface area contributed by atoms with Gasteiger partial charge in [-0.3, -0.25) is 77.4 Å². The van der Waals surface area contributed by atoms with E-state index in [1.165, 1.54) is 35.6 Å². The number of carbonyl (C=O) groups is 16. The molecule has 12 N–H and O–H groups in total. The maximum atomic E-state index is 15.0. The minimum Gasteiger partial charge on any atom is -0.508 e. The van der Waals surface area contributed by atoms with E-state index in [-0.39, 0.29) is 154 Å². The quantitative estimate of drug-likeness (QED) is 0.00835. The molecule has 2 aromatic carbocycles. The Morgan fingerprint density at radius 2 is 1.31 bits per heavy atom. The van der Waals surface area contributed by atoms with E-state index in [2.05, 4.69) is 37.0 Å². The van der Waals surface area contributed by atoms with E-state index in [9.17, 15) is 102 Å². The van der Waals surface area contributed by atoms with Gasteiger partial charge in [-0.2, -0.15) is 0 Å². The Balaban J connectivity index is 1.27. The molecule has 0 aliphatic carbocycles. The van der Waals surface area contributed by atoms with E-state index in [0.29, 0.717) is 66.6 Å². The van der Waals surface area contributed by atoms with Crippen LogP contribution < -0.4 is 32.1 Å². The second-order valence-corrected chi connectivity index (χ2v) is 33.4. The van der Waals surface area contributed by atoms with Gasteiger partial charge in [0.25, 0.3) is 5.91 Å². The lowest BCUT2D eigenvalue weighted by Crippen LogP contribution is -2.50. The van der Waals surface area contributed by atoms with Crippen LogP contribution in [0.5, 0.6) is 5.75 Å². The van der Waals surface area contributed by atoms with Crippen LogP contribution in [0.1, 0.15) is 215 Å². The molecule has 1 aliphatic rings. The number of ketones is 3. The zero-order valence-corrected chi connectivity index (χ0v) is 69.7. The number of piperidine rings is 1. The van der Waals surface area contributed by atoms with Gasteiger partial charge in [-0.05, 0) is 118 Å². The van der Waals surface area contributed by atoms with Crippen LogP contribution in [0.3, 0.4) is 0 Å². The third-order valence-corrected chi connectivity index (χ3v) is 23.5. The minimum atomic E-state index is -1.74. The largest absolute Gasteiger partial charge is 0.508 e. The fourth-order valence-electron chi connectivity index (χ4n) is 13.2. The number of phenols is 1. The van der Waals surface area contributed by atoms with Crippen LogP contribution in [0.2, 0.25) is 0 Å². The third-order valence-electron chi connectivity index (χ3n) is 20.0. The molecular weight excluding hydrogens is 1570 g/mol. The Morgan fingerprint density at radius 3 is 1.92 bits per heavy atom. The number of rotatable bonds is 56. The van der Waals surface area contributed by atoms with E-state index >= 15 is 0 Å². The average molecular weight is 1680 g/mol. The maximum absolute atomic E-state index is 15.0. The fraction of sp³-hybridized carbons (Fsp3) is 0.613. The molecule has 11 atom stereocenters. The van der Waals surface area contributed by atoms with Crippen molar-refractivity contribution >= 4 is 128 Å². The highest BCUT2D eigenvalue weighted by molar-refractivity contribution is 8.76. The number of carboxylic acid groups (broad SMARTS) is 5. The lowest BCUT2D eigenvalue weighted by molar-refractivity contribution is -0.160. The lowest BCUT2D eigenvalue weighted by Gasteiger charge is -2.39. The van der Waals surface area contributed by atoms with Gasteiger partial charge < -0.3 is 66.3 Å². The summed E-state index contributed by atoms with van der Waals surface area (Å²) in [6.45, 7) is 13.7. The molecule has 0 bridgehead atoms. The number of likely N-dealkylation sites (N-methyl/N-ethyl adjacent to an activating group) is 1. The van der Waals surface area contributed by atoms with Crippen LogP contribution in [-0.2, 0) is 95.9 Å². The number of aromatic hydroxyl groups is 1. The van der Waals surface area contributed by atoms with Crippen LogP contribution in [0, 0.1) is 35.5 Å². The van der Waals surface area contributed by atoms with Gasteiger partial charge in [0.2, 0.25) is 29.5 Å². The van der Waals surface area contributed by atoms with E-state index < -0.39 is 138 Å². The van der Waals surface area contributed by atoms with Crippen LogP contribution in [0.4, 0.5) is 4.79 Å². The maximum Gasteiger partial charge on any atom is 0.426 e. The zero-order chi connectivity index (χ0) is 86.1. The minimum absolute atomic E-state index is 0.00859. The van der Waals surface area contributed by atoms with Gasteiger partial charge in [-0.1, -0.05) is 126 Å².